The van der Waals surface area contributed by atoms with Crippen LogP contribution in [0.4, 0.5) is 5.82 Å². The van der Waals surface area contributed by atoms with E-state index in [1.165, 1.54) is 0 Å². The average Bonchev–Trinajstić information content (AvgIpc) is 2.72. The van der Waals surface area contributed by atoms with Gasteiger partial charge in [0.25, 0.3) is 0 Å². The van der Waals surface area contributed by atoms with Gasteiger partial charge in [0.15, 0.2) is 5.82 Å². The topological polar surface area (TPSA) is 95.7 Å². The number of amides is 1. The predicted octanol–water partition coefficient (Wildman–Crippen LogP) is 1.11. The zero-order valence-corrected chi connectivity index (χ0v) is 11.3. The summed E-state index contributed by atoms with van der Waals surface area (Å²) in [5.41, 5.74) is 0. The van der Waals surface area contributed by atoms with Crippen molar-refractivity contribution < 1.29 is 19.2 Å². The second-order valence-corrected chi connectivity index (χ2v) is 4.36. The third kappa shape index (κ3) is 4.70. The molecule has 1 aromatic heterocycles. The number of aromatic nitrogens is 1. The van der Waals surface area contributed by atoms with Crippen LogP contribution in [0.5, 0.6) is 0 Å². The molecule has 0 aliphatic carbocycles. The number of rotatable bonds is 7. The highest BCUT2D eigenvalue weighted by molar-refractivity contribution is 5.89. The van der Waals surface area contributed by atoms with Gasteiger partial charge in [-0.25, -0.2) is 0 Å². The van der Waals surface area contributed by atoms with E-state index in [0.717, 1.165) is 0 Å². The summed E-state index contributed by atoms with van der Waals surface area (Å²) in [6.45, 7) is 3.90. The van der Waals surface area contributed by atoms with Gasteiger partial charge in [-0.05, 0) is 20.4 Å². The highest BCUT2D eigenvalue weighted by atomic mass is 16.5. The number of carbonyl (C=O) groups excluding carboxylic acids is 1. The first-order valence-electron chi connectivity index (χ1n) is 6.10. The Morgan fingerprint density at radius 1 is 1.58 bits per heavy atom. The summed E-state index contributed by atoms with van der Waals surface area (Å²) in [6.07, 6.45) is 0.697. The number of hydrogen-bond acceptors (Lipinski definition) is 5. The maximum absolute atomic E-state index is 11.6. The molecule has 1 aromatic rings. The number of hydrogen-bond donors (Lipinski definition) is 2. The lowest BCUT2D eigenvalue weighted by Crippen LogP contribution is -2.39. The van der Waals surface area contributed by atoms with Crippen molar-refractivity contribution in [3.8, 4) is 0 Å². The van der Waals surface area contributed by atoms with Crippen LogP contribution in [0.3, 0.4) is 0 Å². The number of carboxylic acid groups (broad SMARTS) is 1. The predicted molar refractivity (Wildman–Crippen MR) is 68.8 cm³/mol. The molecule has 0 saturated carbocycles. The number of aliphatic carboxylic acids is 1. The Kier molecular flexibility index (Phi) is 5.50. The summed E-state index contributed by atoms with van der Waals surface area (Å²) in [6, 6.07) is 1.05. The van der Waals surface area contributed by atoms with Gasteiger partial charge in [-0.2, -0.15) is 0 Å². The highest BCUT2D eigenvalue weighted by Gasteiger charge is 2.20. The lowest BCUT2D eigenvalue weighted by molar-refractivity contribution is -0.143. The Labute approximate surface area is 111 Å². The molecular formula is C12H19N3O4. The molecule has 0 aromatic carbocycles. The third-order valence-electron chi connectivity index (χ3n) is 2.79. The average molecular weight is 269 g/mol. The molecule has 0 aliphatic rings. The number of aryl methyl sites for hydroxylation is 1. The van der Waals surface area contributed by atoms with E-state index >= 15 is 0 Å². The molecule has 7 heteroatoms. The van der Waals surface area contributed by atoms with Gasteiger partial charge in [0, 0.05) is 19.0 Å². The fourth-order valence-electron chi connectivity index (χ4n) is 1.74. The SMILES string of the molecule is CCC(C(=O)O)N(C)CCC(=O)Nc1cc(C)on1. The molecule has 0 fully saturated rings. The number of anilines is 1. The Morgan fingerprint density at radius 2 is 2.26 bits per heavy atom. The number of carbonyl (C=O) groups is 2. The molecule has 0 bridgehead atoms. The zero-order chi connectivity index (χ0) is 14.4. The van der Waals surface area contributed by atoms with Gasteiger partial charge < -0.3 is 14.9 Å². The lowest BCUT2D eigenvalue weighted by atomic mass is 10.2. The van der Waals surface area contributed by atoms with E-state index in [2.05, 4.69) is 10.5 Å². The van der Waals surface area contributed by atoms with Crippen LogP contribution in [0.2, 0.25) is 0 Å². The molecule has 1 unspecified atom stereocenters. The molecule has 1 rings (SSSR count). The highest BCUT2D eigenvalue weighted by Crippen LogP contribution is 2.08. The van der Waals surface area contributed by atoms with Crippen LogP contribution >= 0.6 is 0 Å². The molecule has 106 valence electrons. The maximum atomic E-state index is 11.6. The third-order valence-corrected chi connectivity index (χ3v) is 2.79. The first-order valence-corrected chi connectivity index (χ1v) is 6.10. The summed E-state index contributed by atoms with van der Waals surface area (Å²) < 4.78 is 4.83. The van der Waals surface area contributed by atoms with Crippen LogP contribution in [-0.2, 0) is 9.59 Å². The largest absolute Gasteiger partial charge is 0.480 e. The van der Waals surface area contributed by atoms with Crippen molar-refractivity contribution in [2.45, 2.75) is 32.7 Å². The zero-order valence-electron chi connectivity index (χ0n) is 11.3. The second kappa shape index (κ2) is 6.89. The van der Waals surface area contributed by atoms with Crippen molar-refractivity contribution in [3.05, 3.63) is 11.8 Å². The van der Waals surface area contributed by atoms with Crippen LogP contribution in [0.25, 0.3) is 0 Å². The van der Waals surface area contributed by atoms with E-state index in [1.54, 1.807) is 31.9 Å². The first-order chi connectivity index (χ1) is 8.93. The fraction of sp³-hybridized carbons (Fsp3) is 0.583. The van der Waals surface area contributed by atoms with E-state index in [-0.39, 0.29) is 12.3 Å². The van der Waals surface area contributed by atoms with E-state index < -0.39 is 12.0 Å². The molecule has 1 heterocycles. The van der Waals surface area contributed by atoms with Gasteiger partial charge in [0.05, 0.1) is 0 Å². The van der Waals surface area contributed by atoms with E-state index in [0.29, 0.717) is 24.5 Å². The van der Waals surface area contributed by atoms with Gasteiger partial charge in [0.1, 0.15) is 11.8 Å². The summed E-state index contributed by atoms with van der Waals surface area (Å²) in [5, 5.41) is 15.2. The Bertz CT molecular complexity index is 444. The van der Waals surface area contributed by atoms with Crippen molar-refractivity contribution >= 4 is 17.7 Å². The monoisotopic (exact) mass is 269 g/mol. The maximum Gasteiger partial charge on any atom is 0.320 e. The first kappa shape index (κ1) is 15.2. The molecule has 2 N–H and O–H groups in total. The molecule has 1 atom stereocenters. The number of carboxylic acids is 1. The molecule has 7 nitrogen and oxygen atoms in total. The number of nitrogens with one attached hydrogen (secondary N) is 1. The Morgan fingerprint density at radius 3 is 2.74 bits per heavy atom. The van der Waals surface area contributed by atoms with E-state index in [4.69, 9.17) is 9.63 Å². The van der Waals surface area contributed by atoms with Crippen LogP contribution in [0.15, 0.2) is 10.6 Å². The quantitative estimate of drug-likeness (QED) is 0.769. The Balaban J connectivity index is 2.39. The fourth-order valence-corrected chi connectivity index (χ4v) is 1.74. The molecule has 1 amide bonds. The molecule has 0 aliphatic heterocycles. The summed E-state index contributed by atoms with van der Waals surface area (Å²) in [4.78, 5) is 24.2. The lowest BCUT2D eigenvalue weighted by Gasteiger charge is -2.22. The van der Waals surface area contributed by atoms with Gasteiger partial charge in [-0.15, -0.1) is 0 Å². The summed E-state index contributed by atoms with van der Waals surface area (Å²) >= 11 is 0. The standard InChI is InChI=1S/C12H19N3O4/c1-4-9(12(17)18)15(3)6-5-11(16)13-10-7-8(2)19-14-10/h7,9H,4-6H2,1-3H3,(H,17,18)(H,13,14,16). The van der Waals surface area contributed by atoms with Crippen molar-refractivity contribution in [1.82, 2.24) is 10.1 Å². The van der Waals surface area contributed by atoms with Crippen molar-refractivity contribution in [2.24, 2.45) is 0 Å². The van der Waals surface area contributed by atoms with Crippen molar-refractivity contribution in [1.29, 1.82) is 0 Å². The Hall–Kier alpha value is -1.89. The van der Waals surface area contributed by atoms with Crippen molar-refractivity contribution in [3.63, 3.8) is 0 Å². The van der Waals surface area contributed by atoms with E-state index in [1.807, 2.05) is 0 Å². The van der Waals surface area contributed by atoms with Crippen LogP contribution < -0.4 is 5.32 Å². The van der Waals surface area contributed by atoms with Crippen LogP contribution in [-0.4, -0.2) is 46.7 Å². The van der Waals surface area contributed by atoms with Gasteiger partial charge >= 0.3 is 5.97 Å². The minimum absolute atomic E-state index is 0.201. The minimum Gasteiger partial charge on any atom is -0.480 e. The normalized spacial score (nSPS) is 12.4. The van der Waals surface area contributed by atoms with Gasteiger partial charge in [0.2, 0.25) is 5.91 Å². The molecule has 0 saturated heterocycles. The van der Waals surface area contributed by atoms with Crippen LogP contribution in [0, 0.1) is 6.92 Å². The number of likely N-dealkylation sites (N-methyl/N-ethyl adjacent to an activating group) is 1. The van der Waals surface area contributed by atoms with E-state index in [9.17, 15) is 9.59 Å². The van der Waals surface area contributed by atoms with Gasteiger partial charge in [-0.3, -0.25) is 14.5 Å². The second-order valence-electron chi connectivity index (χ2n) is 4.36. The molecule has 19 heavy (non-hydrogen) atoms. The minimum atomic E-state index is -0.877. The van der Waals surface area contributed by atoms with Crippen LogP contribution in [0.1, 0.15) is 25.5 Å². The molecular weight excluding hydrogens is 250 g/mol. The smallest absolute Gasteiger partial charge is 0.320 e. The molecule has 0 radical (unpaired) electrons. The number of nitrogens with zero attached hydrogens (tertiary/aromatic N) is 2. The van der Waals surface area contributed by atoms with Crippen molar-refractivity contribution in [2.75, 3.05) is 18.9 Å². The summed E-state index contributed by atoms with van der Waals surface area (Å²) in [5.74, 6) is -0.113. The van der Waals surface area contributed by atoms with Gasteiger partial charge in [-0.1, -0.05) is 12.1 Å². The summed E-state index contributed by atoms with van der Waals surface area (Å²) in [7, 11) is 1.69. The molecule has 0 spiro atoms.